The molecule has 16 nitrogen and oxygen atoms in total. The third kappa shape index (κ3) is 6.79. The van der Waals surface area contributed by atoms with E-state index in [4.69, 9.17) is 14.5 Å². The Labute approximate surface area is 371 Å². The van der Waals surface area contributed by atoms with Crippen LogP contribution in [0.15, 0.2) is 121 Å². The van der Waals surface area contributed by atoms with Crippen molar-refractivity contribution >= 4 is 40.9 Å². The number of nitrogens with zero attached hydrogens (tertiary/aromatic N) is 6. The number of aromatic hydroxyl groups is 2. The van der Waals surface area contributed by atoms with Gasteiger partial charge in [0.05, 0.1) is 47.0 Å². The maximum atomic E-state index is 14.0. The van der Waals surface area contributed by atoms with Gasteiger partial charge in [-0.3, -0.25) is 4.90 Å². The molecule has 11 rings (SSSR count). The first kappa shape index (κ1) is 40.2. The number of hydrogen-bond donors (Lipinski definition) is 5. The van der Waals surface area contributed by atoms with E-state index < -0.39 is 35.4 Å². The standard InChI is InChI=1S/C47H34F3N9O7/c48-47(49,50)26-4-1-3-25(17-26)38-13-14-39-42(54-38)59(31-15-16-57(39)24-31)45(64)53-27-5-2-6-30(18-27)58-23-29(55-56-58)22-51-44(63)52-28-7-10-35-34(19-28)43(62)66-46(35)36-11-8-32(60)20-40(36)65-41-21-33(61)9-12-37(41)46/h1-14,17-21,23,31,60-61H,15-16,22,24H2,(H,53,64)(H2,51,52,63)/t31-/m0/s1. The summed E-state index contributed by atoms with van der Waals surface area (Å²) in [6.45, 7) is 1.26. The fraction of sp³-hybridized carbons (Fsp3) is 0.149. The molecule has 0 radical (unpaired) electrons. The molecular formula is C47H34F3N9O7. The van der Waals surface area contributed by atoms with Gasteiger partial charge in [-0.05, 0) is 85.3 Å². The Kier molecular flexibility index (Phi) is 9.13. The molecular weight excluding hydrogens is 860 g/mol. The number of ether oxygens (including phenoxy) is 2. The Hall–Kier alpha value is -8.61. The Bertz CT molecular complexity index is 3130. The van der Waals surface area contributed by atoms with E-state index in [9.17, 15) is 37.8 Å². The number of phenols is 2. The van der Waals surface area contributed by atoms with E-state index in [1.165, 1.54) is 41.1 Å². The van der Waals surface area contributed by atoms with Gasteiger partial charge in [-0.15, -0.1) is 5.10 Å². The van der Waals surface area contributed by atoms with Gasteiger partial charge < -0.3 is 40.5 Å². The summed E-state index contributed by atoms with van der Waals surface area (Å²) in [7, 11) is 0. The fourth-order valence-electron chi connectivity index (χ4n) is 9.03. The third-order valence-corrected chi connectivity index (χ3v) is 12.0. The highest BCUT2D eigenvalue weighted by atomic mass is 19.4. The van der Waals surface area contributed by atoms with Gasteiger partial charge in [0.1, 0.15) is 28.7 Å². The number of rotatable bonds is 6. The van der Waals surface area contributed by atoms with Gasteiger partial charge in [-0.25, -0.2) is 24.0 Å². The van der Waals surface area contributed by atoms with E-state index in [1.54, 1.807) is 77.8 Å². The molecule has 1 fully saturated rings. The number of halogens is 3. The van der Waals surface area contributed by atoms with E-state index in [0.29, 0.717) is 76.2 Å². The smallest absolute Gasteiger partial charge is 0.416 e. The van der Waals surface area contributed by atoms with Gasteiger partial charge in [0.15, 0.2) is 11.4 Å². The summed E-state index contributed by atoms with van der Waals surface area (Å²) in [5.74, 6) is 0.0570. The lowest BCUT2D eigenvalue weighted by molar-refractivity contribution is -0.137. The summed E-state index contributed by atoms with van der Waals surface area (Å²) < 4.78 is 54.2. The predicted molar refractivity (Wildman–Crippen MR) is 232 cm³/mol. The third-order valence-electron chi connectivity index (χ3n) is 12.0. The zero-order valence-corrected chi connectivity index (χ0v) is 34.2. The molecule has 4 amide bonds. The number of nitrogens with one attached hydrogen (secondary N) is 3. The van der Waals surface area contributed by atoms with Crippen molar-refractivity contribution in [3.63, 3.8) is 0 Å². The summed E-state index contributed by atoms with van der Waals surface area (Å²) in [5, 5.41) is 37.2. The topological polar surface area (TPSA) is 196 Å². The van der Waals surface area contributed by atoms with E-state index in [2.05, 4.69) is 31.2 Å². The first-order chi connectivity index (χ1) is 31.8. The molecule has 5 N–H and O–H groups in total. The number of pyridine rings is 1. The van der Waals surface area contributed by atoms with Crippen molar-refractivity contribution in [2.75, 3.05) is 33.5 Å². The van der Waals surface area contributed by atoms with Gasteiger partial charge in [-0.1, -0.05) is 29.5 Å². The number of fused-ring (bicyclic) bond motifs is 10. The van der Waals surface area contributed by atoms with Crippen molar-refractivity contribution in [1.82, 2.24) is 25.3 Å². The second-order valence-corrected chi connectivity index (χ2v) is 16.1. The summed E-state index contributed by atoms with van der Waals surface area (Å²) in [4.78, 5) is 49.1. The van der Waals surface area contributed by atoms with Crippen molar-refractivity contribution in [3.8, 4) is 39.9 Å². The molecule has 6 heterocycles. The number of aromatic nitrogens is 4. The minimum Gasteiger partial charge on any atom is -0.508 e. The zero-order valence-electron chi connectivity index (χ0n) is 34.2. The van der Waals surface area contributed by atoms with Crippen LogP contribution in [0.2, 0.25) is 0 Å². The molecule has 5 aromatic carbocycles. The van der Waals surface area contributed by atoms with E-state index in [-0.39, 0.29) is 46.7 Å². The number of alkyl halides is 3. The number of carbonyl (C=O) groups is 3. The lowest BCUT2D eigenvalue weighted by Crippen LogP contribution is -2.48. The van der Waals surface area contributed by atoms with E-state index in [0.717, 1.165) is 12.1 Å². The molecule has 7 aromatic rings. The fourth-order valence-corrected chi connectivity index (χ4v) is 9.03. The molecule has 4 aliphatic rings. The molecule has 0 aliphatic carbocycles. The van der Waals surface area contributed by atoms with Gasteiger partial charge >= 0.3 is 24.2 Å². The lowest BCUT2D eigenvalue weighted by Gasteiger charge is -2.36. The summed E-state index contributed by atoms with van der Waals surface area (Å²) in [6, 6.07) is 27.8. The van der Waals surface area contributed by atoms with Crippen molar-refractivity contribution in [1.29, 1.82) is 0 Å². The highest BCUT2D eigenvalue weighted by Gasteiger charge is 2.54. The summed E-state index contributed by atoms with van der Waals surface area (Å²) in [5.41, 5.74) is 2.37. The van der Waals surface area contributed by atoms with Crippen LogP contribution in [0, 0.1) is 0 Å². The van der Waals surface area contributed by atoms with Crippen LogP contribution in [-0.2, 0) is 23.1 Å². The van der Waals surface area contributed by atoms with Crippen LogP contribution in [0.5, 0.6) is 23.0 Å². The van der Waals surface area contributed by atoms with Gasteiger partial charge in [0.25, 0.3) is 0 Å². The highest BCUT2D eigenvalue weighted by Crippen LogP contribution is 2.57. The molecule has 0 saturated carbocycles. The van der Waals surface area contributed by atoms with Crippen molar-refractivity contribution in [2.24, 2.45) is 0 Å². The molecule has 2 bridgehead atoms. The van der Waals surface area contributed by atoms with Gasteiger partial charge in [0.2, 0.25) is 0 Å². The van der Waals surface area contributed by atoms with Crippen LogP contribution in [0.3, 0.4) is 0 Å². The second-order valence-electron chi connectivity index (χ2n) is 16.1. The molecule has 19 heteroatoms. The van der Waals surface area contributed by atoms with Crippen LogP contribution in [0.25, 0.3) is 16.9 Å². The van der Waals surface area contributed by atoms with Crippen molar-refractivity contribution in [2.45, 2.75) is 30.8 Å². The lowest BCUT2D eigenvalue weighted by atomic mass is 9.77. The molecule has 1 atom stereocenters. The second kappa shape index (κ2) is 15.0. The van der Waals surface area contributed by atoms with Crippen LogP contribution < -0.4 is 30.5 Å². The van der Waals surface area contributed by atoms with Crippen LogP contribution in [-0.4, -0.2) is 67.4 Å². The van der Waals surface area contributed by atoms with E-state index in [1.807, 2.05) is 0 Å². The zero-order chi connectivity index (χ0) is 45.5. The maximum Gasteiger partial charge on any atom is 0.416 e. The maximum absolute atomic E-state index is 14.0. The molecule has 0 unspecified atom stereocenters. The number of benzene rings is 5. The number of phenolic OH excluding ortho intramolecular Hbond substituents is 2. The van der Waals surface area contributed by atoms with Gasteiger partial charge in [-0.2, -0.15) is 13.2 Å². The first-order valence-electron chi connectivity index (χ1n) is 20.6. The van der Waals surface area contributed by atoms with Crippen LogP contribution in [0.1, 0.15) is 44.7 Å². The number of hydrogen-bond acceptors (Lipinski definition) is 11. The number of urea groups is 2. The molecule has 1 spiro atoms. The summed E-state index contributed by atoms with van der Waals surface area (Å²) in [6.07, 6.45) is -2.23. The van der Waals surface area contributed by atoms with Crippen LogP contribution >= 0.6 is 0 Å². The minimum atomic E-state index is -4.52. The molecule has 2 aromatic heterocycles. The average molecular weight is 894 g/mol. The van der Waals surface area contributed by atoms with Crippen molar-refractivity contribution < 1.29 is 47.2 Å². The first-order valence-corrected chi connectivity index (χ1v) is 20.6. The molecule has 330 valence electrons. The molecule has 66 heavy (non-hydrogen) atoms. The molecule has 4 aliphatic heterocycles. The average Bonchev–Trinajstić information content (AvgIpc) is 4.02. The predicted octanol–water partition coefficient (Wildman–Crippen LogP) is 8.28. The monoisotopic (exact) mass is 893 g/mol. The summed E-state index contributed by atoms with van der Waals surface area (Å²) >= 11 is 0. The number of anilines is 4. The van der Waals surface area contributed by atoms with E-state index >= 15 is 0 Å². The quantitative estimate of drug-likeness (QED) is 0.101. The van der Waals surface area contributed by atoms with Gasteiger partial charge in [0, 0.05) is 58.9 Å². The van der Waals surface area contributed by atoms with Crippen LogP contribution in [0.4, 0.5) is 45.6 Å². The SMILES string of the molecule is O=C(NCc1cn(-c2cccc(NC(=O)N3c4nc(-c5cccc(C(F)(F)F)c5)ccc4N4CC[C@H]3C4)c2)nn1)Nc1ccc2c(c1)C(=O)OC21c2ccc(O)cc2Oc2cc(O)ccc21. The number of carbonyl (C=O) groups excluding carboxylic acids is 3. The number of amides is 4. The highest BCUT2D eigenvalue weighted by molar-refractivity contribution is 6.05. The Morgan fingerprint density at radius 1 is 0.833 bits per heavy atom. The molecule has 1 saturated heterocycles. The Morgan fingerprint density at radius 2 is 1.58 bits per heavy atom. The number of esters is 1. The normalized spacial score (nSPS) is 16.1. The minimum absolute atomic E-state index is 0.0200. The Morgan fingerprint density at radius 3 is 2.35 bits per heavy atom. The van der Waals surface area contributed by atoms with Crippen molar-refractivity contribution in [3.05, 3.63) is 155 Å². The largest absolute Gasteiger partial charge is 0.508 e. The Balaban J connectivity index is 0.766.